The average molecular weight is 284 g/mol. The third-order valence-corrected chi connectivity index (χ3v) is 3.60. The van der Waals surface area contributed by atoms with Crippen LogP contribution >= 0.6 is 0 Å². The topological polar surface area (TPSA) is 81.6 Å². The molecule has 1 atom stereocenters. The zero-order valence-electron chi connectivity index (χ0n) is 12.4. The zero-order valence-corrected chi connectivity index (χ0v) is 12.4. The van der Waals surface area contributed by atoms with Gasteiger partial charge in [-0.2, -0.15) is 15.0 Å². The van der Waals surface area contributed by atoms with E-state index in [-0.39, 0.29) is 0 Å². The molecule has 0 spiro atoms. The summed E-state index contributed by atoms with van der Waals surface area (Å²) in [6, 6.07) is 6.29. The SMILES string of the molecule is CC(CCCN)Nc1ccnc2ccc3nn(C)nc3c12. The van der Waals surface area contributed by atoms with Crippen LogP contribution in [-0.2, 0) is 7.05 Å². The summed E-state index contributed by atoms with van der Waals surface area (Å²) in [5, 5.41) is 13.4. The van der Waals surface area contributed by atoms with E-state index in [0.29, 0.717) is 6.04 Å². The molecule has 1 aromatic carbocycles. The monoisotopic (exact) mass is 284 g/mol. The molecule has 2 heterocycles. The Morgan fingerprint density at radius 2 is 2.05 bits per heavy atom. The minimum atomic E-state index is 0.353. The maximum absolute atomic E-state index is 5.58. The van der Waals surface area contributed by atoms with Gasteiger partial charge in [0.1, 0.15) is 11.0 Å². The molecule has 0 saturated carbocycles. The molecule has 0 aliphatic carbocycles. The van der Waals surface area contributed by atoms with Crippen molar-refractivity contribution in [3.63, 3.8) is 0 Å². The number of hydrogen-bond donors (Lipinski definition) is 2. The molecule has 0 saturated heterocycles. The Kier molecular flexibility index (Phi) is 3.70. The fraction of sp³-hybridized carbons (Fsp3) is 0.400. The number of pyridine rings is 1. The standard InChI is InChI=1S/C15H20N6/c1-10(4-3-8-16)18-12-7-9-17-11-5-6-13-15(14(11)12)20-21(2)19-13/h5-7,9-10H,3-4,8,16H2,1-2H3,(H,17,18). The fourth-order valence-corrected chi connectivity index (χ4v) is 2.60. The molecule has 0 aliphatic rings. The van der Waals surface area contributed by atoms with Crippen molar-refractivity contribution in [2.24, 2.45) is 12.8 Å². The van der Waals surface area contributed by atoms with Crippen molar-refractivity contribution in [2.45, 2.75) is 25.8 Å². The maximum atomic E-state index is 5.58. The van der Waals surface area contributed by atoms with Gasteiger partial charge in [-0.1, -0.05) is 0 Å². The number of fused-ring (bicyclic) bond motifs is 3. The second kappa shape index (κ2) is 5.65. The second-order valence-electron chi connectivity index (χ2n) is 5.35. The van der Waals surface area contributed by atoms with Gasteiger partial charge >= 0.3 is 0 Å². The first-order valence-corrected chi connectivity index (χ1v) is 7.24. The van der Waals surface area contributed by atoms with Gasteiger partial charge in [0.25, 0.3) is 0 Å². The van der Waals surface area contributed by atoms with Gasteiger partial charge in [-0.05, 0) is 44.5 Å². The number of nitrogens with two attached hydrogens (primary N) is 1. The van der Waals surface area contributed by atoms with Gasteiger partial charge in [-0.3, -0.25) is 4.98 Å². The fourth-order valence-electron chi connectivity index (χ4n) is 2.60. The van der Waals surface area contributed by atoms with E-state index in [2.05, 4.69) is 27.4 Å². The third-order valence-electron chi connectivity index (χ3n) is 3.60. The van der Waals surface area contributed by atoms with E-state index >= 15 is 0 Å². The van der Waals surface area contributed by atoms with E-state index in [1.54, 1.807) is 4.80 Å². The summed E-state index contributed by atoms with van der Waals surface area (Å²) >= 11 is 0. The molecular formula is C15H20N6. The Morgan fingerprint density at radius 3 is 2.86 bits per heavy atom. The van der Waals surface area contributed by atoms with Crippen LogP contribution < -0.4 is 11.1 Å². The van der Waals surface area contributed by atoms with E-state index in [1.165, 1.54) is 0 Å². The van der Waals surface area contributed by atoms with Crippen molar-refractivity contribution < 1.29 is 0 Å². The first-order chi connectivity index (χ1) is 10.2. The molecule has 3 rings (SSSR count). The van der Waals surface area contributed by atoms with Crippen LogP contribution in [0.3, 0.4) is 0 Å². The summed E-state index contributed by atoms with van der Waals surface area (Å²) in [7, 11) is 1.83. The van der Waals surface area contributed by atoms with Crippen LogP contribution in [0.15, 0.2) is 24.4 Å². The van der Waals surface area contributed by atoms with Gasteiger partial charge in [0.15, 0.2) is 0 Å². The van der Waals surface area contributed by atoms with Crippen LogP contribution in [0.5, 0.6) is 0 Å². The van der Waals surface area contributed by atoms with E-state index in [9.17, 15) is 0 Å². The zero-order chi connectivity index (χ0) is 14.8. The van der Waals surface area contributed by atoms with Crippen molar-refractivity contribution >= 4 is 27.6 Å². The van der Waals surface area contributed by atoms with Gasteiger partial charge in [-0.25, -0.2) is 0 Å². The normalized spacial score (nSPS) is 12.9. The number of aryl methyl sites for hydroxylation is 1. The molecule has 2 aromatic heterocycles. The van der Waals surface area contributed by atoms with Crippen molar-refractivity contribution in [3.05, 3.63) is 24.4 Å². The minimum Gasteiger partial charge on any atom is -0.382 e. The van der Waals surface area contributed by atoms with Crippen LogP contribution in [0.4, 0.5) is 5.69 Å². The Hall–Kier alpha value is -2.21. The van der Waals surface area contributed by atoms with Crippen LogP contribution in [0.1, 0.15) is 19.8 Å². The number of anilines is 1. The van der Waals surface area contributed by atoms with E-state index in [1.807, 2.05) is 31.4 Å². The summed E-state index contributed by atoms with van der Waals surface area (Å²) in [4.78, 5) is 6.03. The van der Waals surface area contributed by atoms with Crippen molar-refractivity contribution in [1.29, 1.82) is 0 Å². The lowest BCUT2D eigenvalue weighted by Gasteiger charge is -2.16. The molecule has 3 aromatic rings. The van der Waals surface area contributed by atoms with Gasteiger partial charge in [0.2, 0.25) is 0 Å². The highest BCUT2D eigenvalue weighted by molar-refractivity contribution is 6.08. The van der Waals surface area contributed by atoms with E-state index < -0.39 is 0 Å². The summed E-state index contributed by atoms with van der Waals surface area (Å²) in [5.74, 6) is 0. The summed E-state index contributed by atoms with van der Waals surface area (Å²) in [6.07, 6.45) is 3.87. The lowest BCUT2D eigenvalue weighted by molar-refractivity contribution is 0.663. The van der Waals surface area contributed by atoms with Gasteiger partial charge < -0.3 is 11.1 Å². The molecule has 0 amide bonds. The van der Waals surface area contributed by atoms with Gasteiger partial charge in [0, 0.05) is 25.0 Å². The first kappa shape index (κ1) is 13.8. The highest BCUT2D eigenvalue weighted by atomic mass is 15.4. The molecule has 0 aliphatic heterocycles. The van der Waals surface area contributed by atoms with Gasteiger partial charge in [0.05, 0.1) is 10.9 Å². The van der Waals surface area contributed by atoms with E-state index in [0.717, 1.165) is 47.0 Å². The number of aromatic nitrogens is 4. The lowest BCUT2D eigenvalue weighted by atomic mass is 10.1. The summed E-state index contributed by atoms with van der Waals surface area (Å²) < 4.78 is 0. The Labute approximate surface area is 123 Å². The first-order valence-electron chi connectivity index (χ1n) is 7.24. The van der Waals surface area contributed by atoms with Crippen molar-refractivity contribution in [3.8, 4) is 0 Å². The molecule has 3 N–H and O–H groups in total. The summed E-state index contributed by atoms with van der Waals surface area (Å²) in [6.45, 7) is 2.89. The van der Waals surface area contributed by atoms with Crippen LogP contribution in [0.25, 0.3) is 21.9 Å². The quantitative estimate of drug-likeness (QED) is 0.749. The summed E-state index contributed by atoms with van der Waals surface area (Å²) in [5.41, 5.74) is 9.33. The predicted octanol–water partition coefficient (Wildman–Crippen LogP) is 2.06. The molecule has 0 fully saturated rings. The van der Waals surface area contributed by atoms with Crippen molar-refractivity contribution in [2.75, 3.05) is 11.9 Å². The number of nitrogens with one attached hydrogen (secondary N) is 1. The van der Waals surface area contributed by atoms with E-state index in [4.69, 9.17) is 5.73 Å². The average Bonchev–Trinajstić information content (AvgIpc) is 2.85. The van der Waals surface area contributed by atoms with Crippen molar-refractivity contribution in [1.82, 2.24) is 20.0 Å². The molecule has 1 unspecified atom stereocenters. The molecular weight excluding hydrogens is 264 g/mol. The van der Waals surface area contributed by atoms with Crippen LogP contribution in [0, 0.1) is 0 Å². The third kappa shape index (κ3) is 2.67. The molecule has 6 heteroatoms. The number of hydrogen-bond acceptors (Lipinski definition) is 5. The molecule has 0 radical (unpaired) electrons. The highest BCUT2D eigenvalue weighted by Crippen LogP contribution is 2.28. The predicted molar refractivity (Wildman–Crippen MR) is 85.2 cm³/mol. The highest BCUT2D eigenvalue weighted by Gasteiger charge is 2.12. The Bertz CT molecular complexity index is 763. The van der Waals surface area contributed by atoms with Crippen LogP contribution in [0.2, 0.25) is 0 Å². The number of rotatable bonds is 5. The maximum Gasteiger partial charge on any atom is 0.124 e. The number of nitrogens with zero attached hydrogens (tertiary/aromatic N) is 4. The second-order valence-corrected chi connectivity index (χ2v) is 5.35. The largest absolute Gasteiger partial charge is 0.382 e. The lowest BCUT2D eigenvalue weighted by Crippen LogP contribution is -2.17. The Morgan fingerprint density at radius 1 is 1.24 bits per heavy atom. The molecule has 110 valence electrons. The number of benzene rings is 1. The minimum absolute atomic E-state index is 0.353. The van der Waals surface area contributed by atoms with Crippen LogP contribution in [-0.4, -0.2) is 32.6 Å². The van der Waals surface area contributed by atoms with Gasteiger partial charge in [-0.15, -0.1) is 0 Å². The Balaban J connectivity index is 2.07. The molecule has 6 nitrogen and oxygen atoms in total. The molecule has 21 heavy (non-hydrogen) atoms. The smallest absolute Gasteiger partial charge is 0.124 e. The molecule has 0 bridgehead atoms.